The Kier molecular flexibility index (Phi) is 17.0. The number of nitrogens with zero attached hydrogens (tertiary/aromatic N) is 2. The van der Waals surface area contributed by atoms with E-state index >= 15 is 0 Å². The molecule has 0 radical (unpaired) electrons. The first kappa shape index (κ1) is 46.4. The molecule has 14 nitrogen and oxygen atoms in total. The highest BCUT2D eigenvalue weighted by Gasteiger charge is 2.44. The van der Waals surface area contributed by atoms with Gasteiger partial charge in [0.1, 0.15) is 18.7 Å². The molecule has 0 bridgehead atoms. The summed E-state index contributed by atoms with van der Waals surface area (Å²) in [5.74, 6) is -1.55. The van der Waals surface area contributed by atoms with Gasteiger partial charge in [-0.25, -0.2) is 4.98 Å². The van der Waals surface area contributed by atoms with Crippen molar-refractivity contribution in [3.05, 3.63) is 95.1 Å². The average molecular weight is 854 g/mol. The van der Waals surface area contributed by atoms with Crippen LogP contribution in [0.15, 0.2) is 78.3 Å². The first-order valence-electron chi connectivity index (χ1n) is 20.9. The molecule has 0 unspecified atom stereocenters. The fraction of sp³-hybridized carbons (Fsp3) is 0.435. The van der Waals surface area contributed by atoms with E-state index in [4.69, 9.17) is 10.5 Å². The van der Waals surface area contributed by atoms with Crippen LogP contribution in [-0.2, 0) is 30.5 Å². The summed E-state index contributed by atoms with van der Waals surface area (Å²) in [6.45, 7) is 8.24. The van der Waals surface area contributed by atoms with Crippen molar-refractivity contribution >= 4 is 57.9 Å². The molecule has 5 amide bonds. The van der Waals surface area contributed by atoms with Gasteiger partial charge in [0, 0.05) is 43.8 Å². The van der Waals surface area contributed by atoms with Gasteiger partial charge >= 0.3 is 0 Å². The lowest BCUT2D eigenvalue weighted by atomic mass is 9.85. The van der Waals surface area contributed by atoms with Crippen molar-refractivity contribution in [3.63, 3.8) is 0 Å². The zero-order valence-electron chi connectivity index (χ0n) is 35.5. The minimum atomic E-state index is -0.870. The normalized spacial score (nSPS) is 15.5. The van der Waals surface area contributed by atoms with E-state index in [2.05, 4.69) is 26.3 Å². The lowest BCUT2D eigenvalue weighted by Gasteiger charge is -2.35. The summed E-state index contributed by atoms with van der Waals surface area (Å²) in [6.07, 6.45) is 4.66. The van der Waals surface area contributed by atoms with E-state index in [1.807, 2.05) is 57.5 Å². The number of para-hydroxylation sites is 2. The lowest BCUT2D eigenvalue weighted by molar-refractivity contribution is -0.144. The number of nitrogens with two attached hydrogens (primary N) is 1. The number of nitrogen functional groups attached to an aromatic ring is 1. The summed E-state index contributed by atoms with van der Waals surface area (Å²) >= 11 is 1.58. The Balaban J connectivity index is 0.945. The molecule has 5 rings (SSSR count). The number of unbranched alkanes of at least 4 members (excludes halogenated alkanes) is 5. The first-order valence-corrected chi connectivity index (χ1v) is 21.8. The van der Waals surface area contributed by atoms with Crippen LogP contribution < -0.4 is 27.0 Å². The topological polar surface area (TPSA) is 205 Å². The summed E-state index contributed by atoms with van der Waals surface area (Å²) in [5.41, 5.74) is 12.0. The molecule has 0 spiro atoms. The van der Waals surface area contributed by atoms with Crippen molar-refractivity contribution in [2.75, 3.05) is 36.1 Å². The lowest BCUT2D eigenvalue weighted by Crippen LogP contribution is -2.57. The maximum atomic E-state index is 13.9. The van der Waals surface area contributed by atoms with Gasteiger partial charge in [-0.05, 0) is 72.7 Å². The highest BCUT2D eigenvalue weighted by atomic mass is 32.1. The van der Waals surface area contributed by atoms with Gasteiger partial charge < -0.3 is 41.7 Å². The minimum absolute atomic E-state index is 0.0183. The predicted octanol–water partition coefficient (Wildman–Crippen LogP) is 6.45. The summed E-state index contributed by atoms with van der Waals surface area (Å²) in [5, 5.41) is 21.9. The van der Waals surface area contributed by atoms with Crippen LogP contribution in [0.25, 0.3) is 10.4 Å². The molecule has 3 atom stereocenters. The molecule has 15 heteroatoms. The Bertz CT molecular complexity index is 2100. The molecule has 1 fully saturated rings. The van der Waals surface area contributed by atoms with Gasteiger partial charge in [0.25, 0.3) is 5.91 Å². The average Bonchev–Trinajstić information content (AvgIpc) is 3.85. The largest absolute Gasteiger partial charge is 0.397 e. The third kappa shape index (κ3) is 13.9. The molecule has 7 N–H and O–H groups in total. The van der Waals surface area contributed by atoms with Gasteiger partial charge in [-0.3, -0.25) is 24.0 Å². The quantitative estimate of drug-likeness (QED) is 0.0427. The minimum Gasteiger partial charge on any atom is -0.397 e. The van der Waals surface area contributed by atoms with Crippen LogP contribution in [-0.4, -0.2) is 82.5 Å². The number of likely N-dealkylation sites (tertiary alicyclic amines) is 1. The van der Waals surface area contributed by atoms with Gasteiger partial charge in [0.2, 0.25) is 23.6 Å². The molecule has 1 aliphatic rings. The fourth-order valence-corrected chi connectivity index (χ4v) is 7.89. The zero-order chi connectivity index (χ0) is 43.9. The number of carbonyl (C=O) groups is 5. The summed E-state index contributed by atoms with van der Waals surface area (Å²) in [4.78, 5) is 72.1. The second kappa shape index (κ2) is 22.3. The van der Waals surface area contributed by atoms with E-state index in [1.165, 1.54) is 4.90 Å². The third-order valence-electron chi connectivity index (χ3n) is 10.5. The number of amides is 5. The van der Waals surface area contributed by atoms with Gasteiger partial charge in [-0.1, -0.05) is 82.9 Å². The number of nitrogens with one attached hydrogen (secondary N) is 4. The smallest absolute Gasteiger partial charge is 0.255 e. The Labute approximate surface area is 362 Å². The third-order valence-corrected chi connectivity index (χ3v) is 11.5. The Hall–Kier alpha value is -5.64. The van der Waals surface area contributed by atoms with Crippen LogP contribution in [0.1, 0.15) is 93.8 Å². The zero-order valence-corrected chi connectivity index (χ0v) is 36.3. The molecule has 1 aromatic heterocycles. The fourth-order valence-electron chi connectivity index (χ4n) is 7.08. The van der Waals surface area contributed by atoms with E-state index in [0.29, 0.717) is 35.7 Å². The molecule has 3 aromatic carbocycles. The number of thiazole rings is 1. The molecule has 61 heavy (non-hydrogen) atoms. The molecule has 326 valence electrons. The number of aryl methyl sites for hydroxylation is 1. The van der Waals surface area contributed by atoms with Gasteiger partial charge in [-0.2, -0.15) is 0 Å². The Morgan fingerprint density at radius 1 is 0.902 bits per heavy atom. The molecular weight excluding hydrogens is 795 g/mol. The van der Waals surface area contributed by atoms with E-state index in [1.54, 1.807) is 59.9 Å². The Morgan fingerprint density at radius 3 is 2.26 bits per heavy atom. The number of hydrogen-bond donors (Lipinski definition) is 6. The van der Waals surface area contributed by atoms with Crippen LogP contribution in [0.5, 0.6) is 0 Å². The SMILES string of the molecule is Cc1ncsc1-c1ccc(CNC(=O)[C@H]2C[C@H](O)CN2C(=O)[C@@H](NC(=O)CCCCCCCCOCC(=O)Nc2ccc(C(=O)Nc3ccccc3N)cc2)C(C)(C)C)cc1. The number of aliphatic hydroxyl groups is 1. The van der Waals surface area contributed by atoms with E-state index in [9.17, 15) is 29.1 Å². The number of ether oxygens (including phenoxy) is 1. The number of β-amino-alcohol motifs (C(OH)–C–C–N with tert-alkyl or cyclic N) is 1. The molecule has 1 aliphatic heterocycles. The van der Waals surface area contributed by atoms with Crippen LogP contribution in [0.2, 0.25) is 0 Å². The van der Waals surface area contributed by atoms with Crippen molar-refractivity contribution in [2.45, 2.75) is 104 Å². The highest BCUT2D eigenvalue weighted by Crippen LogP contribution is 2.29. The number of benzene rings is 3. The molecule has 1 saturated heterocycles. The second-order valence-corrected chi connectivity index (χ2v) is 17.4. The Morgan fingerprint density at radius 2 is 1.59 bits per heavy atom. The van der Waals surface area contributed by atoms with Crippen LogP contribution in [0.4, 0.5) is 17.1 Å². The molecule has 4 aromatic rings. The van der Waals surface area contributed by atoms with Crippen molar-refractivity contribution < 1.29 is 33.8 Å². The maximum absolute atomic E-state index is 13.9. The summed E-state index contributed by atoms with van der Waals surface area (Å²) in [6, 6.07) is 19.7. The van der Waals surface area contributed by atoms with Crippen molar-refractivity contribution in [2.24, 2.45) is 5.41 Å². The van der Waals surface area contributed by atoms with Crippen molar-refractivity contribution in [3.8, 4) is 10.4 Å². The van der Waals surface area contributed by atoms with Crippen molar-refractivity contribution in [1.82, 2.24) is 20.5 Å². The predicted molar refractivity (Wildman–Crippen MR) is 239 cm³/mol. The monoisotopic (exact) mass is 853 g/mol. The maximum Gasteiger partial charge on any atom is 0.255 e. The van der Waals surface area contributed by atoms with E-state index in [-0.39, 0.29) is 62.1 Å². The number of hydrogen-bond acceptors (Lipinski definition) is 10. The van der Waals surface area contributed by atoms with E-state index in [0.717, 1.165) is 53.8 Å². The first-order chi connectivity index (χ1) is 29.2. The summed E-state index contributed by atoms with van der Waals surface area (Å²) < 4.78 is 5.55. The molecular formula is C46H59N7O7S. The van der Waals surface area contributed by atoms with Gasteiger partial charge in [0.05, 0.1) is 33.6 Å². The standard InChI is InChI=1S/C46H59N7O7S/c1-30-41(61-29-49-30)32-18-16-31(17-19-32)26-48-44(58)38-25-35(54)27-53(38)45(59)42(46(2,3)4)52-39(55)15-9-7-5-6-8-12-24-60-28-40(56)50-34-22-20-33(21-23-34)43(57)51-37-14-11-10-13-36(37)47/h10-11,13-14,16-23,29,35,38,42,54H,5-9,12,15,24-28,47H2,1-4H3,(H,48,58)(H,50,56)(H,51,57)(H,52,55)/t35-,38+,42+/m0/s1. The number of rotatable bonds is 20. The van der Waals surface area contributed by atoms with Crippen LogP contribution in [0, 0.1) is 12.3 Å². The van der Waals surface area contributed by atoms with E-state index < -0.39 is 23.6 Å². The molecule has 0 aliphatic carbocycles. The van der Waals surface area contributed by atoms with Crippen molar-refractivity contribution in [1.29, 1.82) is 0 Å². The number of aliphatic hydroxyl groups excluding tert-OH is 1. The van der Waals surface area contributed by atoms with Gasteiger partial charge in [0.15, 0.2) is 0 Å². The second-order valence-electron chi connectivity index (χ2n) is 16.5. The number of carbonyl (C=O) groups excluding carboxylic acids is 5. The molecule has 0 saturated carbocycles. The highest BCUT2D eigenvalue weighted by molar-refractivity contribution is 7.13. The van der Waals surface area contributed by atoms with Crippen LogP contribution >= 0.6 is 11.3 Å². The number of aromatic nitrogens is 1. The van der Waals surface area contributed by atoms with Crippen LogP contribution in [0.3, 0.4) is 0 Å². The number of anilines is 3. The summed E-state index contributed by atoms with van der Waals surface area (Å²) in [7, 11) is 0. The molecule has 2 heterocycles. The van der Waals surface area contributed by atoms with Gasteiger partial charge in [-0.15, -0.1) is 11.3 Å².